The summed E-state index contributed by atoms with van der Waals surface area (Å²) in [6, 6.07) is 12.2. The van der Waals surface area contributed by atoms with Crippen LogP contribution in [-0.4, -0.2) is 9.97 Å². The minimum atomic E-state index is -0.356. The number of nitrogens with one attached hydrogen (secondary N) is 1. The standard InChI is InChI=1S/C17H10BrFN2OS/c18-10-5-6-14-9(7-10)8-12-16(22-14)20-15(21-17(12)23)11-3-1-2-4-13(11)19/h1-7H,8H2,(H,20,21,23). The first-order valence-corrected chi connectivity index (χ1v) is 8.16. The lowest BCUT2D eigenvalue weighted by molar-refractivity contribution is 0.438. The highest BCUT2D eigenvalue weighted by molar-refractivity contribution is 9.10. The SMILES string of the molecule is Fc1ccccc1-c1nc(=S)c2c([nH]1)Oc1ccc(Br)cc1C2. The van der Waals surface area contributed by atoms with E-state index in [-0.39, 0.29) is 5.82 Å². The fourth-order valence-corrected chi connectivity index (χ4v) is 3.25. The number of aromatic amines is 1. The number of hydrogen-bond acceptors (Lipinski definition) is 3. The van der Waals surface area contributed by atoms with E-state index < -0.39 is 0 Å². The molecular weight excluding hydrogens is 379 g/mol. The Labute approximate surface area is 145 Å². The number of rotatable bonds is 1. The molecule has 0 saturated heterocycles. The zero-order valence-corrected chi connectivity index (χ0v) is 14.2. The van der Waals surface area contributed by atoms with Crippen molar-refractivity contribution in [3.8, 4) is 23.0 Å². The van der Waals surface area contributed by atoms with Gasteiger partial charge in [-0.3, -0.25) is 0 Å². The molecule has 0 saturated carbocycles. The summed E-state index contributed by atoms with van der Waals surface area (Å²) in [6.07, 6.45) is 0.629. The van der Waals surface area contributed by atoms with Gasteiger partial charge in [0.15, 0.2) is 0 Å². The third-order valence-electron chi connectivity index (χ3n) is 3.71. The Morgan fingerprint density at radius 1 is 1.22 bits per heavy atom. The van der Waals surface area contributed by atoms with Crippen molar-refractivity contribution in [1.82, 2.24) is 9.97 Å². The van der Waals surface area contributed by atoms with E-state index in [0.29, 0.717) is 28.3 Å². The topological polar surface area (TPSA) is 37.9 Å². The number of hydrogen-bond donors (Lipinski definition) is 1. The van der Waals surface area contributed by atoms with Crippen LogP contribution in [0.25, 0.3) is 11.4 Å². The van der Waals surface area contributed by atoms with Crippen molar-refractivity contribution in [3.63, 3.8) is 0 Å². The molecule has 0 atom stereocenters. The molecule has 3 nitrogen and oxygen atoms in total. The number of aromatic nitrogens is 2. The van der Waals surface area contributed by atoms with Crippen molar-refractivity contribution in [2.45, 2.75) is 6.42 Å². The van der Waals surface area contributed by atoms with E-state index in [2.05, 4.69) is 25.9 Å². The summed E-state index contributed by atoms with van der Waals surface area (Å²) in [5.74, 6) is 1.30. The van der Waals surface area contributed by atoms with Crippen molar-refractivity contribution in [3.05, 3.63) is 68.5 Å². The molecule has 0 unspecified atom stereocenters. The fourth-order valence-electron chi connectivity index (χ4n) is 2.59. The normalized spacial score (nSPS) is 12.3. The van der Waals surface area contributed by atoms with E-state index in [1.165, 1.54) is 6.07 Å². The van der Waals surface area contributed by atoms with Crippen LogP contribution in [-0.2, 0) is 6.42 Å². The Morgan fingerprint density at radius 2 is 2.04 bits per heavy atom. The minimum absolute atomic E-state index is 0.356. The van der Waals surface area contributed by atoms with Gasteiger partial charge in [0.25, 0.3) is 0 Å². The Morgan fingerprint density at radius 3 is 2.87 bits per heavy atom. The molecule has 1 aliphatic heterocycles. The maximum atomic E-state index is 14.0. The molecule has 1 N–H and O–H groups in total. The summed E-state index contributed by atoms with van der Waals surface area (Å²) in [5.41, 5.74) is 2.21. The van der Waals surface area contributed by atoms with Crippen molar-refractivity contribution >= 4 is 28.1 Å². The molecule has 3 aromatic rings. The minimum Gasteiger partial charge on any atom is -0.440 e. The van der Waals surface area contributed by atoms with Crippen LogP contribution in [0.3, 0.4) is 0 Å². The van der Waals surface area contributed by atoms with Crippen molar-refractivity contribution < 1.29 is 9.13 Å². The lowest BCUT2D eigenvalue weighted by Gasteiger charge is -2.20. The molecule has 0 fully saturated rings. The second-order valence-electron chi connectivity index (χ2n) is 5.21. The Balaban J connectivity index is 1.85. The summed E-state index contributed by atoms with van der Waals surface area (Å²) in [6.45, 7) is 0. The molecule has 2 aromatic carbocycles. The highest BCUT2D eigenvalue weighted by atomic mass is 79.9. The number of ether oxygens (including phenoxy) is 1. The van der Waals surface area contributed by atoms with Crippen LogP contribution in [0.15, 0.2) is 46.9 Å². The monoisotopic (exact) mass is 388 g/mol. The Hall–Kier alpha value is -2.05. The number of H-pyrrole nitrogens is 1. The van der Waals surface area contributed by atoms with Crippen molar-refractivity contribution in [2.75, 3.05) is 0 Å². The maximum absolute atomic E-state index is 14.0. The molecule has 1 aliphatic rings. The highest BCUT2D eigenvalue weighted by Gasteiger charge is 2.21. The molecule has 2 heterocycles. The fraction of sp³-hybridized carbons (Fsp3) is 0.0588. The van der Waals surface area contributed by atoms with E-state index >= 15 is 0 Å². The van der Waals surface area contributed by atoms with Gasteiger partial charge in [-0.2, -0.15) is 0 Å². The first kappa shape index (κ1) is 14.5. The van der Waals surface area contributed by atoms with Gasteiger partial charge in [0, 0.05) is 16.5 Å². The quantitative estimate of drug-likeness (QED) is 0.443. The van der Waals surface area contributed by atoms with Crippen LogP contribution in [0.4, 0.5) is 4.39 Å². The van der Waals surface area contributed by atoms with Crippen LogP contribution < -0.4 is 4.74 Å². The second kappa shape index (κ2) is 5.54. The summed E-state index contributed by atoms with van der Waals surface area (Å²) in [4.78, 5) is 7.41. The smallest absolute Gasteiger partial charge is 0.205 e. The van der Waals surface area contributed by atoms with Crippen LogP contribution in [0.1, 0.15) is 11.1 Å². The zero-order chi connectivity index (χ0) is 16.0. The van der Waals surface area contributed by atoms with Gasteiger partial charge in [0.2, 0.25) is 5.88 Å². The second-order valence-corrected chi connectivity index (χ2v) is 6.51. The first-order chi connectivity index (χ1) is 11.1. The number of benzene rings is 2. The molecule has 0 amide bonds. The highest BCUT2D eigenvalue weighted by Crippen LogP contribution is 2.37. The summed E-state index contributed by atoms with van der Waals surface area (Å²) in [5, 5.41) is 0. The summed E-state index contributed by atoms with van der Waals surface area (Å²) in [7, 11) is 0. The summed E-state index contributed by atoms with van der Waals surface area (Å²) >= 11 is 8.84. The zero-order valence-electron chi connectivity index (χ0n) is 11.8. The molecule has 0 spiro atoms. The van der Waals surface area contributed by atoms with Gasteiger partial charge in [0.05, 0.1) is 11.1 Å². The van der Waals surface area contributed by atoms with Crippen LogP contribution in [0.2, 0.25) is 0 Å². The van der Waals surface area contributed by atoms with Crippen molar-refractivity contribution in [1.29, 1.82) is 0 Å². The largest absolute Gasteiger partial charge is 0.440 e. The van der Waals surface area contributed by atoms with E-state index in [9.17, 15) is 4.39 Å². The molecule has 0 aliphatic carbocycles. The van der Waals surface area contributed by atoms with Gasteiger partial charge >= 0.3 is 0 Å². The van der Waals surface area contributed by atoms with E-state index in [0.717, 1.165) is 21.3 Å². The van der Waals surface area contributed by atoms with E-state index in [1.54, 1.807) is 18.2 Å². The molecule has 114 valence electrons. The molecule has 6 heteroatoms. The predicted molar refractivity (Wildman–Crippen MR) is 91.8 cm³/mol. The molecule has 23 heavy (non-hydrogen) atoms. The van der Waals surface area contributed by atoms with Gasteiger partial charge in [-0.1, -0.05) is 40.3 Å². The predicted octanol–water partition coefficient (Wildman–Crippen LogP) is 5.40. The third kappa shape index (κ3) is 2.58. The van der Waals surface area contributed by atoms with Gasteiger partial charge < -0.3 is 9.72 Å². The van der Waals surface area contributed by atoms with Gasteiger partial charge in [0.1, 0.15) is 22.0 Å². The average Bonchev–Trinajstić information content (AvgIpc) is 2.54. The number of nitrogens with zero attached hydrogens (tertiary/aromatic N) is 1. The van der Waals surface area contributed by atoms with Crippen molar-refractivity contribution in [2.24, 2.45) is 0 Å². The number of fused-ring (bicyclic) bond motifs is 2. The average molecular weight is 389 g/mol. The third-order valence-corrected chi connectivity index (χ3v) is 4.54. The number of halogens is 2. The Bertz CT molecular complexity index is 987. The maximum Gasteiger partial charge on any atom is 0.205 e. The van der Waals surface area contributed by atoms with Crippen LogP contribution in [0, 0.1) is 10.5 Å². The molecule has 1 aromatic heterocycles. The molecular formula is C17H10BrFN2OS. The molecule has 0 radical (unpaired) electrons. The Kier molecular flexibility index (Phi) is 3.50. The van der Waals surface area contributed by atoms with E-state index in [1.807, 2.05) is 18.2 Å². The van der Waals surface area contributed by atoms with Crippen LogP contribution in [0.5, 0.6) is 11.6 Å². The molecule has 0 bridgehead atoms. The lowest BCUT2D eigenvalue weighted by atomic mass is 10.0. The van der Waals surface area contributed by atoms with E-state index in [4.69, 9.17) is 17.0 Å². The first-order valence-electron chi connectivity index (χ1n) is 6.96. The summed E-state index contributed by atoms with van der Waals surface area (Å²) < 4.78 is 21.3. The molecule has 4 rings (SSSR count). The van der Waals surface area contributed by atoms with Gasteiger partial charge in [-0.25, -0.2) is 9.37 Å². The van der Waals surface area contributed by atoms with Gasteiger partial charge in [-0.05, 0) is 30.3 Å². The lowest BCUT2D eigenvalue weighted by Crippen LogP contribution is -2.08. The van der Waals surface area contributed by atoms with Crippen LogP contribution >= 0.6 is 28.1 Å². The van der Waals surface area contributed by atoms with Gasteiger partial charge in [-0.15, -0.1) is 0 Å².